The molecule has 0 aliphatic carbocycles. The standard InChI is InChI=1S/C18H17FN2O3/c19-14-4-2-1-3-13(14)16(22)10-20-18(24)12-5-7-15-11(9-12)6-8-17(23)21-15/h1-5,7,9,16,22H,6,8,10H2,(H,20,24)(H,21,23). The minimum absolute atomic E-state index is 0.0345. The van der Waals surface area contributed by atoms with Crippen molar-refractivity contribution in [3.63, 3.8) is 0 Å². The second-order valence-electron chi connectivity index (χ2n) is 5.67. The zero-order valence-corrected chi connectivity index (χ0v) is 12.9. The van der Waals surface area contributed by atoms with E-state index in [1.165, 1.54) is 18.2 Å². The van der Waals surface area contributed by atoms with Gasteiger partial charge in [-0.25, -0.2) is 4.39 Å². The minimum atomic E-state index is -1.12. The molecule has 2 aromatic rings. The van der Waals surface area contributed by atoms with Crippen LogP contribution in [0.15, 0.2) is 42.5 Å². The number of aliphatic hydroxyl groups is 1. The number of rotatable bonds is 4. The number of amides is 2. The molecule has 1 unspecified atom stereocenters. The fraction of sp³-hybridized carbons (Fsp3) is 0.222. The lowest BCUT2D eigenvalue weighted by atomic mass is 10.00. The average Bonchev–Trinajstić information content (AvgIpc) is 2.59. The van der Waals surface area contributed by atoms with Crippen LogP contribution in [-0.4, -0.2) is 23.5 Å². The van der Waals surface area contributed by atoms with Gasteiger partial charge in [0.15, 0.2) is 0 Å². The Kier molecular flexibility index (Phi) is 4.57. The van der Waals surface area contributed by atoms with Crippen molar-refractivity contribution in [2.75, 3.05) is 11.9 Å². The van der Waals surface area contributed by atoms with Crippen molar-refractivity contribution in [3.05, 3.63) is 65.0 Å². The van der Waals surface area contributed by atoms with Gasteiger partial charge in [0.1, 0.15) is 5.82 Å². The summed E-state index contributed by atoms with van der Waals surface area (Å²) in [4.78, 5) is 23.5. The van der Waals surface area contributed by atoms with Crippen LogP contribution in [0.3, 0.4) is 0 Å². The quantitative estimate of drug-likeness (QED) is 0.805. The summed E-state index contributed by atoms with van der Waals surface area (Å²) in [5.74, 6) is -0.901. The summed E-state index contributed by atoms with van der Waals surface area (Å²) in [7, 11) is 0. The fourth-order valence-corrected chi connectivity index (χ4v) is 2.67. The lowest BCUT2D eigenvalue weighted by Crippen LogP contribution is -2.29. The van der Waals surface area contributed by atoms with Crippen molar-refractivity contribution in [3.8, 4) is 0 Å². The second kappa shape index (κ2) is 6.80. The molecule has 2 amide bonds. The van der Waals surface area contributed by atoms with Gasteiger partial charge in [0.2, 0.25) is 5.91 Å². The first-order chi connectivity index (χ1) is 11.5. The van der Waals surface area contributed by atoms with Crippen molar-refractivity contribution in [2.45, 2.75) is 18.9 Å². The van der Waals surface area contributed by atoms with Gasteiger partial charge >= 0.3 is 0 Å². The highest BCUT2D eigenvalue weighted by Gasteiger charge is 2.18. The van der Waals surface area contributed by atoms with Crippen LogP contribution in [0.25, 0.3) is 0 Å². The normalized spacial score (nSPS) is 14.5. The molecule has 3 N–H and O–H groups in total. The van der Waals surface area contributed by atoms with Crippen LogP contribution in [0.2, 0.25) is 0 Å². The highest BCUT2D eigenvalue weighted by atomic mass is 19.1. The van der Waals surface area contributed by atoms with E-state index >= 15 is 0 Å². The third kappa shape index (κ3) is 3.44. The zero-order valence-electron chi connectivity index (χ0n) is 12.9. The Morgan fingerprint density at radius 1 is 1.25 bits per heavy atom. The number of aryl methyl sites for hydroxylation is 1. The summed E-state index contributed by atoms with van der Waals surface area (Å²) in [5, 5.41) is 15.4. The van der Waals surface area contributed by atoms with E-state index in [1.807, 2.05) is 0 Å². The van der Waals surface area contributed by atoms with E-state index < -0.39 is 11.9 Å². The molecule has 1 aliphatic heterocycles. The molecule has 0 bridgehead atoms. The molecular formula is C18H17FN2O3. The molecule has 0 radical (unpaired) electrons. The van der Waals surface area contributed by atoms with Gasteiger partial charge in [-0.1, -0.05) is 18.2 Å². The number of hydrogen-bond donors (Lipinski definition) is 3. The summed E-state index contributed by atoms with van der Waals surface area (Å²) in [6.45, 7) is -0.0897. The van der Waals surface area contributed by atoms with Crippen LogP contribution >= 0.6 is 0 Å². The molecule has 24 heavy (non-hydrogen) atoms. The van der Waals surface area contributed by atoms with E-state index in [9.17, 15) is 19.1 Å². The summed E-state index contributed by atoms with van der Waals surface area (Å²) in [6, 6.07) is 10.9. The molecule has 0 saturated carbocycles. The van der Waals surface area contributed by atoms with Crippen LogP contribution in [0.1, 0.15) is 34.0 Å². The molecular weight excluding hydrogens is 311 g/mol. The van der Waals surface area contributed by atoms with Crippen LogP contribution in [-0.2, 0) is 11.2 Å². The van der Waals surface area contributed by atoms with Gasteiger partial charge in [0.25, 0.3) is 5.91 Å². The molecule has 1 atom stereocenters. The molecule has 3 rings (SSSR count). The monoisotopic (exact) mass is 328 g/mol. The predicted octanol–water partition coefficient (Wildman–Crippen LogP) is 2.17. The number of carbonyl (C=O) groups is 2. The van der Waals surface area contributed by atoms with Crippen molar-refractivity contribution in [1.29, 1.82) is 0 Å². The Hall–Kier alpha value is -2.73. The van der Waals surface area contributed by atoms with Crippen molar-refractivity contribution >= 4 is 17.5 Å². The molecule has 1 heterocycles. The number of nitrogens with one attached hydrogen (secondary N) is 2. The first-order valence-corrected chi connectivity index (χ1v) is 7.68. The topological polar surface area (TPSA) is 78.4 Å². The van der Waals surface area contributed by atoms with Gasteiger partial charge < -0.3 is 15.7 Å². The number of benzene rings is 2. The highest BCUT2D eigenvalue weighted by Crippen LogP contribution is 2.23. The van der Waals surface area contributed by atoms with E-state index in [0.717, 1.165) is 5.56 Å². The Labute approximate surface area is 138 Å². The largest absolute Gasteiger partial charge is 0.386 e. The smallest absolute Gasteiger partial charge is 0.251 e. The van der Waals surface area contributed by atoms with Gasteiger partial charge in [-0.05, 0) is 36.2 Å². The number of carbonyl (C=O) groups excluding carboxylic acids is 2. The Morgan fingerprint density at radius 3 is 2.83 bits per heavy atom. The molecule has 0 aromatic heterocycles. The number of hydrogen-bond acceptors (Lipinski definition) is 3. The number of halogens is 1. The Morgan fingerprint density at radius 2 is 2.04 bits per heavy atom. The predicted molar refractivity (Wildman–Crippen MR) is 87.1 cm³/mol. The third-order valence-electron chi connectivity index (χ3n) is 3.98. The molecule has 0 saturated heterocycles. The molecule has 124 valence electrons. The van der Waals surface area contributed by atoms with Gasteiger partial charge in [-0.3, -0.25) is 9.59 Å². The van der Waals surface area contributed by atoms with E-state index in [0.29, 0.717) is 24.1 Å². The SMILES string of the molecule is O=C1CCc2cc(C(=O)NCC(O)c3ccccc3F)ccc2N1. The summed E-state index contributed by atoms with van der Waals surface area (Å²) >= 11 is 0. The minimum Gasteiger partial charge on any atom is -0.386 e. The summed E-state index contributed by atoms with van der Waals surface area (Å²) in [6.07, 6.45) is -0.142. The van der Waals surface area contributed by atoms with Gasteiger partial charge in [-0.15, -0.1) is 0 Å². The van der Waals surface area contributed by atoms with E-state index in [4.69, 9.17) is 0 Å². The van der Waals surface area contributed by atoms with Crippen molar-refractivity contribution in [2.24, 2.45) is 0 Å². The molecule has 6 heteroatoms. The Balaban J connectivity index is 1.65. The highest BCUT2D eigenvalue weighted by molar-refractivity contribution is 5.97. The van der Waals surface area contributed by atoms with Gasteiger partial charge in [0.05, 0.1) is 6.10 Å². The number of fused-ring (bicyclic) bond motifs is 1. The van der Waals surface area contributed by atoms with Crippen LogP contribution in [0.5, 0.6) is 0 Å². The second-order valence-corrected chi connectivity index (χ2v) is 5.67. The lowest BCUT2D eigenvalue weighted by Gasteiger charge is -2.18. The molecule has 0 spiro atoms. The van der Waals surface area contributed by atoms with Gasteiger partial charge in [-0.2, -0.15) is 0 Å². The summed E-state index contributed by atoms with van der Waals surface area (Å²) in [5.41, 5.74) is 2.20. The van der Waals surface area contributed by atoms with E-state index in [-0.39, 0.29) is 23.9 Å². The maximum Gasteiger partial charge on any atom is 0.251 e. The maximum absolute atomic E-state index is 13.6. The average molecular weight is 328 g/mol. The fourth-order valence-electron chi connectivity index (χ4n) is 2.67. The molecule has 2 aromatic carbocycles. The number of aliphatic hydroxyl groups excluding tert-OH is 1. The molecule has 5 nitrogen and oxygen atoms in total. The van der Waals surface area contributed by atoms with Gasteiger partial charge in [0, 0.05) is 29.8 Å². The van der Waals surface area contributed by atoms with Crippen LogP contribution in [0.4, 0.5) is 10.1 Å². The zero-order chi connectivity index (χ0) is 17.1. The van der Waals surface area contributed by atoms with Crippen LogP contribution in [0, 0.1) is 5.82 Å². The number of anilines is 1. The van der Waals surface area contributed by atoms with E-state index in [1.54, 1.807) is 24.3 Å². The van der Waals surface area contributed by atoms with Crippen molar-refractivity contribution < 1.29 is 19.1 Å². The van der Waals surface area contributed by atoms with E-state index in [2.05, 4.69) is 10.6 Å². The lowest BCUT2D eigenvalue weighted by molar-refractivity contribution is -0.116. The first kappa shape index (κ1) is 16.1. The van der Waals surface area contributed by atoms with Crippen molar-refractivity contribution in [1.82, 2.24) is 5.32 Å². The summed E-state index contributed by atoms with van der Waals surface area (Å²) < 4.78 is 13.6. The van der Waals surface area contributed by atoms with Crippen LogP contribution < -0.4 is 10.6 Å². The Bertz CT molecular complexity index is 792. The first-order valence-electron chi connectivity index (χ1n) is 7.68. The molecule has 0 fully saturated rings. The third-order valence-corrected chi connectivity index (χ3v) is 3.98. The maximum atomic E-state index is 13.6. The molecule has 1 aliphatic rings.